The van der Waals surface area contributed by atoms with Crippen LogP contribution in [0.5, 0.6) is 0 Å². The van der Waals surface area contributed by atoms with Gasteiger partial charge in [-0.3, -0.25) is 0 Å². The monoisotopic (exact) mass is 296 g/mol. The van der Waals surface area contributed by atoms with Crippen LogP contribution in [-0.2, 0) is 0 Å². The topological polar surface area (TPSA) is 0 Å². The van der Waals surface area contributed by atoms with Gasteiger partial charge in [-0.15, -0.1) is 0 Å². The molecule has 0 saturated carbocycles. The molecule has 0 N–H and O–H groups in total. The molecule has 4 aliphatic carbocycles. The minimum absolute atomic E-state index is 0.816. The van der Waals surface area contributed by atoms with Gasteiger partial charge in [0.25, 0.3) is 0 Å². The van der Waals surface area contributed by atoms with Crippen molar-refractivity contribution in [2.75, 3.05) is 0 Å². The first-order valence-corrected chi connectivity index (χ1v) is 12.1. The number of allylic oxidation sites excluding steroid dienone is 8. The average molecular weight is 297 g/mol. The smallest absolute Gasteiger partial charge is 0.0706 e. The third kappa shape index (κ3) is 2.16. The van der Waals surface area contributed by atoms with Gasteiger partial charge >= 0.3 is 0 Å². The lowest BCUT2D eigenvalue weighted by Gasteiger charge is -2.39. The first kappa shape index (κ1) is 13.8. The summed E-state index contributed by atoms with van der Waals surface area (Å²) in [4.78, 5) is 0. The lowest BCUT2D eigenvalue weighted by molar-refractivity contribution is 0.669. The summed E-state index contributed by atoms with van der Waals surface area (Å²) in [5.41, 5.74) is 8.75. The van der Waals surface area contributed by atoms with Crippen LogP contribution in [0, 0.1) is 0 Å². The molecule has 0 unspecified atom stereocenters. The molecule has 0 nitrogen and oxygen atoms in total. The van der Waals surface area contributed by atoms with E-state index in [1.165, 1.54) is 51.4 Å². The SMILES string of the molecule is C[Si](C)([C@@H]1C=CC2=C1CCCC2)[C@@H]1C=CC2=C1CCCC2. The van der Waals surface area contributed by atoms with Gasteiger partial charge in [-0.25, -0.2) is 0 Å². The average Bonchev–Trinajstić information content (AvgIpc) is 3.12. The second kappa shape index (κ2) is 5.12. The molecule has 4 rings (SSSR count). The summed E-state index contributed by atoms with van der Waals surface area (Å²) in [6, 6.07) is 0. The highest BCUT2D eigenvalue weighted by Crippen LogP contribution is 2.53. The van der Waals surface area contributed by atoms with E-state index in [1.807, 2.05) is 11.1 Å². The largest absolute Gasteiger partial charge is 0.0797 e. The molecule has 0 heterocycles. The molecule has 21 heavy (non-hydrogen) atoms. The second-order valence-corrected chi connectivity index (χ2v) is 12.9. The van der Waals surface area contributed by atoms with Gasteiger partial charge in [-0.1, -0.05) is 48.5 Å². The van der Waals surface area contributed by atoms with E-state index in [2.05, 4.69) is 37.4 Å². The van der Waals surface area contributed by atoms with Gasteiger partial charge in [-0.05, 0) is 73.6 Å². The molecule has 0 aliphatic heterocycles. The normalized spacial score (nSPS) is 31.9. The van der Waals surface area contributed by atoms with Crippen LogP contribution in [0.2, 0.25) is 24.2 Å². The van der Waals surface area contributed by atoms with E-state index in [-0.39, 0.29) is 0 Å². The van der Waals surface area contributed by atoms with Crippen molar-refractivity contribution in [1.82, 2.24) is 0 Å². The predicted molar refractivity (Wildman–Crippen MR) is 94.3 cm³/mol. The quantitative estimate of drug-likeness (QED) is 0.523. The lowest BCUT2D eigenvalue weighted by atomic mass is 9.93. The van der Waals surface area contributed by atoms with Crippen molar-refractivity contribution in [2.45, 2.75) is 75.5 Å². The summed E-state index contributed by atoms with van der Waals surface area (Å²) < 4.78 is 0. The van der Waals surface area contributed by atoms with Gasteiger partial charge in [0.05, 0.1) is 8.07 Å². The highest BCUT2D eigenvalue weighted by molar-refractivity contribution is 6.82. The maximum atomic E-state index is 2.66. The van der Waals surface area contributed by atoms with Crippen molar-refractivity contribution in [3.05, 3.63) is 46.6 Å². The summed E-state index contributed by atoms with van der Waals surface area (Å²) in [6.07, 6.45) is 21.3. The Bertz CT molecular complexity index is 521. The maximum absolute atomic E-state index is 2.66. The van der Waals surface area contributed by atoms with Crippen molar-refractivity contribution >= 4 is 8.07 Å². The highest BCUT2D eigenvalue weighted by atomic mass is 28.3. The molecule has 0 aromatic rings. The van der Waals surface area contributed by atoms with Crippen LogP contribution < -0.4 is 0 Å². The van der Waals surface area contributed by atoms with E-state index in [1.54, 1.807) is 11.1 Å². The Morgan fingerprint density at radius 3 is 1.62 bits per heavy atom. The number of rotatable bonds is 2. The Morgan fingerprint density at radius 1 is 0.714 bits per heavy atom. The van der Waals surface area contributed by atoms with E-state index in [4.69, 9.17) is 0 Å². The third-order valence-electron chi connectivity index (χ3n) is 6.44. The molecule has 0 fully saturated rings. The van der Waals surface area contributed by atoms with Gasteiger partial charge in [0.1, 0.15) is 0 Å². The molecule has 0 aromatic heterocycles. The van der Waals surface area contributed by atoms with Crippen molar-refractivity contribution < 1.29 is 0 Å². The summed E-state index contributed by atoms with van der Waals surface area (Å²) in [5.74, 6) is 0. The Hall–Kier alpha value is -0.823. The van der Waals surface area contributed by atoms with E-state index in [9.17, 15) is 0 Å². The standard InChI is InChI=1S/C20H28Si/c1-21(2,19-13-11-15-7-3-5-9-17(15)19)20-14-12-16-8-4-6-10-18(16)20/h11-14,19-20H,3-10H2,1-2H3/t19-,20-/m1/s1. The van der Waals surface area contributed by atoms with Gasteiger partial charge < -0.3 is 0 Å². The van der Waals surface area contributed by atoms with Crippen LogP contribution in [0.1, 0.15) is 51.4 Å². The molecule has 2 atom stereocenters. The molecule has 112 valence electrons. The fraction of sp³-hybridized carbons (Fsp3) is 0.600. The summed E-state index contributed by atoms with van der Waals surface area (Å²) >= 11 is 0. The van der Waals surface area contributed by atoms with Crippen LogP contribution in [0.25, 0.3) is 0 Å². The van der Waals surface area contributed by atoms with E-state index < -0.39 is 8.07 Å². The fourth-order valence-electron chi connectivity index (χ4n) is 5.24. The highest BCUT2D eigenvalue weighted by Gasteiger charge is 2.44. The summed E-state index contributed by atoms with van der Waals surface area (Å²) in [5, 5.41) is 0. The van der Waals surface area contributed by atoms with E-state index in [0.29, 0.717) is 0 Å². The molecular formula is C20H28Si. The van der Waals surface area contributed by atoms with Gasteiger partial charge in [0.2, 0.25) is 0 Å². The third-order valence-corrected chi connectivity index (χ3v) is 10.7. The van der Waals surface area contributed by atoms with Crippen molar-refractivity contribution in [1.29, 1.82) is 0 Å². The van der Waals surface area contributed by atoms with Crippen LogP contribution in [0.3, 0.4) is 0 Å². The van der Waals surface area contributed by atoms with Crippen molar-refractivity contribution in [3.63, 3.8) is 0 Å². The second-order valence-electron chi connectivity index (χ2n) is 8.01. The zero-order chi connectivity index (χ0) is 14.4. The molecule has 0 radical (unpaired) electrons. The van der Waals surface area contributed by atoms with Crippen LogP contribution in [-0.4, -0.2) is 8.07 Å². The predicted octanol–water partition coefficient (Wildman–Crippen LogP) is 6.32. The lowest BCUT2D eigenvalue weighted by Crippen LogP contribution is -2.38. The first-order valence-electron chi connectivity index (χ1n) is 8.98. The Labute approximate surface area is 130 Å². The van der Waals surface area contributed by atoms with Gasteiger partial charge in [0, 0.05) is 0 Å². The van der Waals surface area contributed by atoms with Crippen LogP contribution in [0.15, 0.2) is 46.6 Å². The molecule has 0 amide bonds. The number of hydrogen-bond donors (Lipinski definition) is 0. The maximum Gasteiger partial charge on any atom is 0.0706 e. The summed E-state index contributed by atoms with van der Waals surface area (Å²) in [6.45, 7) is 5.32. The zero-order valence-corrected chi connectivity index (χ0v) is 14.6. The van der Waals surface area contributed by atoms with Crippen LogP contribution >= 0.6 is 0 Å². The van der Waals surface area contributed by atoms with E-state index in [0.717, 1.165) is 11.1 Å². The van der Waals surface area contributed by atoms with Crippen LogP contribution in [0.4, 0.5) is 0 Å². The number of hydrogen-bond acceptors (Lipinski definition) is 0. The minimum Gasteiger partial charge on any atom is -0.0797 e. The first-order chi connectivity index (χ1) is 10.2. The molecular weight excluding hydrogens is 268 g/mol. The fourth-order valence-corrected chi connectivity index (χ4v) is 9.27. The van der Waals surface area contributed by atoms with Gasteiger partial charge in [-0.2, -0.15) is 0 Å². The zero-order valence-electron chi connectivity index (χ0n) is 13.6. The summed E-state index contributed by atoms with van der Waals surface area (Å²) in [7, 11) is -1.34. The molecule has 0 spiro atoms. The van der Waals surface area contributed by atoms with Crippen molar-refractivity contribution in [3.8, 4) is 0 Å². The molecule has 0 saturated heterocycles. The molecule has 0 aromatic carbocycles. The Morgan fingerprint density at radius 2 is 1.14 bits per heavy atom. The Balaban J connectivity index is 1.65. The Kier molecular flexibility index (Phi) is 3.37. The van der Waals surface area contributed by atoms with Gasteiger partial charge in [0.15, 0.2) is 0 Å². The molecule has 4 aliphatic rings. The van der Waals surface area contributed by atoms with E-state index >= 15 is 0 Å². The minimum atomic E-state index is -1.34. The molecule has 1 heteroatoms. The van der Waals surface area contributed by atoms with Crippen molar-refractivity contribution in [2.24, 2.45) is 0 Å². The molecule has 0 bridgehead atoms.